The van der Waals surface area contributed by atoms with Crippen molar-refractivity contribution < 1.29 is 14.3 Å². The molecule has 0 spiro atoms. The van der Waals surface area contributed by atoms with Crippen LogP contribution in [0.15, 0.2) is 18.2 Å². The van der Waals surface area contributed by atoms with Gasteiger partial charge >= 0.3 is 6.03 Å². The fourth-order valence-corrected chi connectivity index (χ4v) is 1.58. The smallest absolute Gasteiger partial charge is 0.318 e. The van der Waals surface area contributed by atoms with Gasteiger partial charge in [0.1, 0.15) is 5.75 Å². The molecule has 0 aliphatic rings. The van der Waals surface area contributed by atoms with Crippen molar-refractivity contribution in [2.45, 2.75) is 13.0 Å². The van der Waals surface area contributed by atoms with Gasteiger partial charge in [0.2, 0.25) is 0 Å². The van der Waals surface area contributed by atoms with Gasteiger partial charge in [0.15, 0.2) is 6.10 Å². The number of hydrogen-bond donors (Lipinski definition) is 2. The average Bonchev–Trinajstić information content (AvgIpc) is 2.14. The summed E-state index contributed by atoms with van der Waals surface area (Å²) in [7, 11) is 0. The first-order chi connectivity index (χ1) is 7.88. The molecule has 3 amide bonds. The molecule has 0 fully saturated rings. The van der Waals surface area contributed by atoms with Crippen LogP contribution < -0.4 is 15.8 Å². The summed E-state index contributed by atoms with van der Waals surface area (Å²) in [6.07, 6.45) is -0.892. The Morgan fingerprint density at radius 1 is 1.29 bits per heavy atom. The molecule has 0 aliphatic heterocycles. The first kappa shape index (κ1) is 13.6. The maximum Gasteiger partial charge on any atom is 0.318 e. The fourth-order valence-electron chi connectivity index (χ4n) is 1.08. The van der Waals surface area contributed by atoms with E-state index in [-0.39, 0.29) is 0 Å². The molecule has 1 aromatic carbocycles. The number of ether oxygens (including phenoxy) is 1. The Hall–Kier alpha value is -1.46. The zero-order chi connectivity index (χ0) is 13.0. The van der Waals surface area contributed by atoms with Crippen LogP contribution >= 0.6 is 23.2 Å². The maximum absolute atomic E-state index is 11.3. The highest BCUT2D eigenvalue weighted by Crippen LogP contribution is 2.24. The monoisotopic (exact) mass is 276 g/mol. The van der Waals surface area contributed by atoms with Crippen molar-refractivity contribution in [3.8, 4) is 5.75 Å². The lowest BCUT2D eigenvalue weighted by atomic mass is 10.3. The van der Waals surface area contributed by atoms with Crippen molar-refractivity contribution in [1.29, 1.82) is 0 Å². The van der Waals surface area contributed by atoms with E-state index in [1.54, 1.807) is 0 Å². The summed E-state index contributed by atoms with van der Waals surface area (Å²) in [5, 5.41) is 2.67. The predicted octanol–water partition coefficient (Wildman–Crippen LogP) is 1.96. The van der Waals surface area contributed by atoms with E-state index in [0.717, 1.165) is 0 Å². The lowest BCUT2D eigenvalue weighted by Crippen LogP contribution is -2.42. The zero-order valence-corrected chi connectivity index (χ0v) is 10.4. The molecular formula is C10H10Cl2N2O3. The third-order valence-electron chi connectivity index (χ3n) is 1.76. The molecule has 0 bridgehead atoms. The minimum atomic E-state index is -0.936. The van der Waals surface area contributed by atoms with Gasteiger partial charge in [-0.1, -0.05) is 23.2 Å². The molecule has 0 unspecified atom stereocenters. The molecule has 0 radical (unpaired) electrons. The van der Waals surface area contributed by atoms with E-state index in [4.69, 9.17) is 33.7 Å². The van der Waals surface area contributed by atoms with Crippen molar-refractivity contribution in [2.24, 2.45) is 5.73 Å². The summed E-state index contributed by atoms with van der Waals surface area (Å²) in [5.41, 5.74) is 4.80. The van der Waals surface area contributed by atoms with Crippen LogP contribution in [0.5, 0.6) is 5.75 Å². The van der Waals surface area contributed by atoms with Gasteiger partial charge in [0.05, 0.1) is 0 Å². The number of rotatable bonds is 3. The van der Waals surface area contributed by atoms with Crippen molar-refractivity contribution in [2.75, 3.05) is 0 Å². The Kier molecular flexibility index (Phi) is 4.60. The molecule has 1 atom stereocenters. The Labute approximate surface area is 108 Å². The third-order valence-corrected chi connectivity index (χ3v) is 2.20. The van der Waals surface area contributed by atoms with E-state index < -0.39 is 18.0 Å². The van der Waals surface area contributed by atoms with Gasteiger partial charge in [-0.2, -0.15) is 0 Å². The lowest BCUT2D eigenvalue weighted by molar-refractivity contribution is -0.126. The van der Waals surface area contributed by atoms with Crippen LogP contribution in [-0.2, 0) is 4.79 Å². The van der Waals surface area contributed by atoms with Crippen LogP contribution in [-0.4, -0.2) is 18.0 Å². The van der Waals surface area contributed by atoms with Crippen molar-refractivity contribution >= 4 is 35.1 Å². The van der Waals surface area contributed by atoms with E-state index in [9.17, 15) is 9.59 Å². The Morgan fingerprint density at radius 3 is 2.29 bits per heavy atom. The van der Waals surface area contributed by atoms with Gasteiger partial charge in [-0.15, -0.1) is 0 Å². The lowest BCUT2D eigenvalue weighted by Gasteiger charge is -2.13. The number of hydrogen-bond acceptors (Lipinski definition) is 3. The van der Waals surface area contributed by atoms with Gasteiger partial charge in [-0.3, -0.25) is 10.1 Å². The quantitative estimate of drug-likeness (QED) is 0.886. The first-order valence-corrected chi connectivity index (χ1v) is 5.37. The highest BCUT2D eigenvalue weighted by atomic mass is 35.5. The Balaban J connectivity index is 2.70. The standard InChI is InChI=1S/C10H10Cl2N2O3/c1-5(9(15)14-10(13)16)17-8-3-6(11)2-7(12)4-8/h2-5H,1H3,(H3,13,14,15,16)/t5-/m0/s1. The van der Waals surface area contributed by atoms with Crippen molar-refractivity contribution in [1.82, 2.24) is 5.32 Å². The van der Waals surface area contributed by atoms with Crippen molar-refractivity contribution in [3.63, 3.8) is 0 Å². The summed E-state index contributed by atoms with van der Waals surface area (Å²) in [6, 6.07) is 3.60. The summed E-state index contributed by atoms with van der Waals surface area (Å²) in [5.74, 6) is -0.316. The highest BCUT2D eigenvalue weighted by Gasteiger charge is 2.16. The van der Waals surface area contributed by atoms with E-state index in [1.165, 1.54) is 25.1 Å². The van der Waals surface area contributed by atoms with Crippen LogP contribution in [0.1, 0.15) is 6.92 Å². The normalized spacial score (nSPS) is 11.7. The van der Waals surface area contributed by atoms with Crippen LogP contribution in [0.3, 0.4) is 0 Å². The number of nitrogens with one attached hydrogen (secondary N) is 1. The third kappa shape index (κ3) is 4.50. The molecule has 0 aliphatic carbocycles. The minimum absolute atomic E-state index is 0.328. The van der Waals surface area contributed by atoms with Crippen molar-refractivity contribution in [3.05, 3.63) is 28.2 Å². The largest absolute Gasteiger partial charge is 0.481 e. The van der Waals surface area contributed by atoms with Gasteiger partial charge < -0.3 is 10.5 Å². The van der Waals surface area contributed by atoms with Gasteiger partial charge in [0, 0.05) is 10.0 Å². The molecule has 1 aromatic rings. The summed E-state index contributed by atoms with van der Waals surface area (Å²) >= 11 is 11.5. The van der Waals surface area contributed by atoms with Gasteiger partial charge in [-0.25, -0.2) is 4.79 Å². The summed E-state index contributed by atoms with van der Waals surface area (Å²) in [6.45, 7) is 1.47. The van der Waals surface area contributed by atoms with E-state index in [0.29, 0.717) is 15.8 Å². The number of imide groups is 1. The fraction of sp³-hybridized carbons (Fsp3) is 0.200. The Bertz CT molecular complexity index is 431. The number of urea groups is 1. The van der Waals surface area contributed by atoms with Crippen LogP contribution in [0.4, 0.5) is 4.79 Å². The molecule has 7 heteroatoms. The Morgan fingerprint density at radius 2 is 1.82 bits per heavy atom. The molecule has 5 nitrogen and oxygen atoms in total. The molecule has 17 heavy (non-hydrogen) atoms. The topological polar surface area (TPSA) is 81.4 Å². The number of nitrogens with two attached hydrogens (primary N) is 1. The first-order valence-electron chi connectivity index (χ1n) is 4.61. The van der Waals surface area contributed by atoms with E-state index in [2.05, 4.69) is 0 Å². The highest BCUT2D eigenvalue weighted by molar-refractivity contribution is 6.34. The SMILES string of the molecule is C[C@H](Oc1cc(Cl)cc(Cl)c1)C(=O)NC(N)=O. The molecule has 0 saturated heterocycles. The van der Waals surface area contributed by atoms with E-state index >= 15 is 0 Å². The molecule has 0 saturated carbocycles. The summed E-state index contributed by atoms with van der Waals surface area (Å²) < 4.78 is 5.25. The number of carbonyl (C=O) groups is 2. The van der Waals surface area contributed by atoms with Gasteiger partial charge in [-0.05, 0) is 25.1 Å². The molecular weight excluding hydrogens is 267 g/mol. The van der Waals surface area contributed by atoms with Crippen LogP contribution in [0.25, 0.3) is 0 Å². The zero-order valence-electron chi connectivity index (χ0n) is 8.87. The van der Waals surface area contributed by atoms with Crippen LogP contribution in [0, 0.1) is 0 Å². The average molecular weight is 277 g/mol. The second kappa shape index (κ2) is 5.75. The number of carbonyl (C=O) groups excluding carboxylic acids is 2. The number of primary amides is 1. The minimum Gasteiger partial charge on any atom is -0.481 e. The van der Waals surface area contributed by atoms with Gasteiger partial charge in [0.25, 0.3) is 5.91 Å². The molecule has 0 heterocycles. The predicted molar refractivity (Wildman–Crippen MR) is 64.3 cm³/mol. The number of benzene rings is 1. The maximum atomic E-state index is 11.3. The number of halogens is 2. The molecule has 0 aromatic heterocycles. The molecule has 92 valence electrons. The van der Waals surface area contributed by atoms with E-state index in [1.807, 2.05) is 5.32 Å². The summed E-state index contributed by atoms with van der Waals surface area (Å²) in [4.78, 5) is 21.8. The molecule has 3 N–H and O–H groups in total. The second-order valence-corrected chi connectivity index (χ2v) is 4.09. The van der Waals surface area contributed by atoms with Crippen LogP contribution in [0.2, 0.25) is 10.0 Å². The second-order valence-electron chi connectivity index (χ2n) is 3.22. The number of amides is 3. The molecule has 1 rings (SSSR count).